The lowest BCUT2D eigenvalue weighted by Gasteiger charge is -2.14. The predicted octanol–water partition coefficient (Wildman–Crippen LogP) is 2.60. The van der Waals surface area contributed by atoms with Crippen molar-refractivity contribution in [3.05, 3.63) is 42.0 Å². The molecule has 8 heteroatoms. The fourth-order valence-corrected chi connectivity index (χ4v) is 2.96. The summed E-state index contributed by atoms with van der Waals surface area (Å²) in [5.74, 6) is 2.95. The van der Waals surface area contributed by atoms with E-state index in [1.54, 1.807) is 21.3 Å². The lowest BCUT2D eigenvalue weighted by atomic mass is 10.1. The molecular weight excluding hydrogens is 346 g/mol. The minimum absolute atomic E-state index is 0.366. The number of imidazole rings is 1. The number of hydrogen-bond acceptors (Lipinski definition) is 7. The Kier molecular flexibility index (Phi) is 5.44. The second-order valence-electron chi connectivity index (χ2n) is 5.85. The summed E-state index contributed by atoms with van der Waals surface area (Å²) in [6, 6.07) is 3.82. The Morgan fingerprint density at radius 2 is 1.78 bits per heavy atom. The maximum atomic E-state index is 5.99. The minimum Gasteiger partial charge on any atom is -0.493 e. The Balaban J connectivity index is 2.10. The normalized spacial score (nSPS) is 11.3. The van der Waals surface area contributed by atoms with E-state index < -0.39 is 0 Å². The number of nitrogens with zero attached hydrogens (tertiary/aromatic N) is 4. The summed E-state index contributed by atoms with van der Waals surface area (Å²) in [4.78, 5) is 13.1. The van der Waals surface area contributed by atoms with E-state index in [1.807, 2.05) is 35.8 Å². The second-order valence-corrected chi connectivity index (χ2v) is 5.85. The molecule has 0 saturated heterocycles. The van der Waals surface area contributed by atoms with Crippen molar-refractivity contribution in [2.75, 3.05) is 27.1 Å². The quantitative estimate of drug-likeness (QED) is 0.639. The highest BCUT2D eigenvalue weighted by atomic mass is 16.5. The molecule has 2 N–H and O–H groups in total. The van der Waals surface area contributed by atoms with Gasteiger partial charge in [-0.15, -0.1) is 0 Å². The maximum absolute atomic E-state index is 5.99. The third kappa shape index (κ3) is 3.51. The van der Waals surface area contributed by atoms with Crippen LogP contribution in [-0.2, 0) is 13.0 Å². The fourth-order valence-electron chi connectivity index (χ4n) is 2.96. The summed E-state index contributed by atoms with van der Waals surface area (Å²) in [5, 5.41) is 0. The maximum Gasteiger partial charge on any atom is 0.203 e. The Morgan fingerprint density at radius 3 is 2.37 bits per heavy atom. The standard InChI is InChI=1S/C19H23N5O3/c1-5-6-7-24-15(23-16-18(20)21-11-22-19(16)24)10-12-8-13(25-2)17(27-4)14(9-12)26-3/h5-6,8-9,11H,7,10H2,1-4H3,(H2,20,21,22). The SMILES string of the molecule is CC=CCn1c(Cc2cc(OC)c(OC)c(OC)c2)nc2c(N)ncnc21. The molecule has 2 heterocycles. The molecule has 0 unspecified atom stereocenters. The van der Waals surface area contributed by atoms with Gasteiger partial charge in [-0.3, -0.25) is 0 Å². The van der Waals surface area contributed by atoms with E-state index >= 15 is 0 Å². The van der Waals surface area contributed by atoms with Crippen LogP contribution >= 0.6 is 0 Å². The third-order valence-corrected chi connectivity index (χ3v) is 4.25. The van der Waals surface area contributed by atoms with E-state index in [-0.39, 0.29) is 0 Å². The summed E-state index contributed by atoms with van der Waals surface area (Å²) in [6.45, 7) is 2.62. The molecule has 3 rings (SSSR count). The highest BCUT2D eigenvalue weighted by Gasteiger charge is 2.17. The number of nitrogens with two attached hydrogens (primary N) is 1. The van der Waals surface area contributed by atoms with Crippen molar-refractivity contribution >= 4 is 17.0 Å². The molecular formula is C19H23N5O3. The fraction of sp³-hybridized carbons (Fsp3) is 0.316. The van der Waals surface area contributed by atoms with E-state index in [0.29, 0.717) is 47.2 Å². The minimum atomic E-state index is 0.366. The Bertz CT molecular complexity index is 956. The largest absolute Gasteiger partial charge is 0.493 e. The van der Waals surface area contributed by atoms with Gasteiger partial charge < -0.3 is 24.5 Å². The zero-order chi connectivity index (χ0) is 19.4. The van der Waals surface area contributed by atoms with Crippen LogP contribution in [0, 0.1) is 0 Å². The van der Waals surface area contributed by atoms with Gasteiger partial charge in [0.05, 0.1) is 21.3 Å². The Morgan fingerprint density at radius 1 is 1.07 bits per heavy atom. The molecule has 0 aliphatic carbocycles. The lowest BCUT2D eigenvalue weighted by Crippen LogP contribution is -2.05. The summed E-state index contributed by atoms with van der Waals surface area (Å²) in [5.41, 5.74) is 8.27. The number of anilines is 1. The molecule has 0 radical (unpaired) electrons. The van der Waals surface area contributed by atoms with Crippen molar-refractivity contribution < 1.29 is 14.2 Å². The average molecular weight is 369 g/mol. The first kappa shape index (κ1) is 18.5. The zero-order valence-corrected chi connectivity index (χ0v) is 15.9. The van der Waals surface area contributed by atoms with E-state index in [0.717, 1.165) is 11.4 Å². The van der Waals surface area contributed by atoms with Crippen LogP contribution in [0.3, 0.4) is 0 Å². The van der Waals surface area contributed by atoms with E-state index in [9.17, 15) is 0 Å². The van der Waals surface area contributed by atoms with Gasteiger partial charge in [-0.05, 0) is 24.6 Å². The average Bonchev–Trinajstić information content (AvgIpc) is 3.03. The van der Waals surface area contributed by atoms with E-state index in [4.69, 9.17) is 19.9 Å². The number of fused-ring (bicyclic) bond motifs is 1. The number of hydrogen-bond donors (Lipinski definition) is 1. The van der Waals surface area contributed by atoms with Gasteiger partial charge in [0.25, 0.3) is 0 Å². The molecule has 2 aromatic heterocycles. The number of nitrogen functional groups attached to an aromatic ring is 1. The van der Waals surface area contributed by atoms with Crippen LogP contribution in [0.2, 0.25) is 0 Å². The van der Waals surface area contributed by atoms with Gasteiger partial charge in [0.15, 0.2) is 28.5 Å². The first-order chi connectivity index (χ1) is 13.1. The topological polar surface area (TPSA) is 97.3 Å². The molecule has 0 atom stereocenters. The van der Waals surface area contributed by atoms with Crippen LogP contribution in [0.1, 0.15) is 18.3 Å². The first-order valence-corrected chi connectivity index (χ1v) is 8.48. The summed E-state index contributed by atoms with van der Waals surface area (Å²) in [7, 11) is 4.77. The van der Waals surface area contributed by atoms with E-state index in [1.165, 1.54) is 6.33 Å². The van der Waals surface area contributed by atoms with Crippen LogP contribution in [0.25, 0.3) is 11.2 Å². The zero-order valence-electron chi connectivity index (χ0n) is 15.9. The van der Waals surface area contributed by atoms with Crippen LogP contribution in [-0.4, -0.2) is 40.8 Å². The van der Waals surface area contributed by atoms with Gasteiger partial charge in [-0.25, -0.2) is 15.0 Å². The summed E-state index contributed by atoms with van der Waals surface area (Å²) >= 11 is 0. The van der Waals surface area contributed by atoms with Crippen molar-refractivity contribution in [2.45, 2.75) is 19.9 Å². The first-order valence-electron chi connectivity index (χ1n) is 8.48. The molecule has 8 nitrogen and oxygen atoms in total. The Hall–Kier alpha value is -3.29. The lowest BCUT2D eigenvalue weighted by molar-refractivity contribution is 0.324. The van der Waals surface area contributed by atoms with Crippen LogP contribution < -0.4 is 19.9 Å². The molecule has 0 aliphatic rings. The molecule has 0 amide bonds. The van der Waals surface area contributed by atoms with Crippen LogP contribution in [0.5, 0.6) is 17.2 Å². The van der Waals surface area contributed by atoms with Crippen molar-refractivity contribution in [3.8, 4) is 17.2 Å². The predicted molar refractivity (Wildman–Crippen MR) is 103 cm³/mol. The number of allylic oxidation sites excluding steroid dienone is 2. The molecule has 0 spiro atoms. The molecule has 1 aromatic carbocycles. The number of benzene rings is 1. The molecule has 27 heavy (non-hydrogen) atoms. The van der Waals surface area contributed by atoms with Crippen LogP contribution in [0.15, 0.2) is 30.6 Å². The van der Waals surface area contributed by atoms with Crippen molar-refractivity contribution in [2.24, 2.45) is 0 Å². The summed E-state index contributed by atoms with van der Waals surface area (Å²) < 4.78 is 18.3. The van der Waals surface area contributed by atoms with Gasteiger partial charge in [-0.2, -0.15) is 0 Å². The second kappa shape index (κ2) is 7.94. The molecule has 3 aromatic rings. The van der Waals surface area contributed by atoms with E-state index in [2.05, 4.69) is 15.0 Å². The van der Waals surface area contributed by atoms with Gasteiger partial charge in [0, 0.05) is 13.0 Å². The van der Waals surface area contributed by atoms with Gasteiger partial charge in [0.2, 0.25) is 5.75 Å². The highest BCUT2D eigenvalue weighted by Crippen LogP contribution is 2.38. The van der Waals surface area contributed by atoms with Crippen LogP contribution in [0.4, 0.5) is 5.82 Å². The van der Waals surface area contributed by atoms with Gasteiger partial charge >= 0.3 is 0 Å². The Labute approximate surface area is 157 Å². The number of methoxy groups -OCH3 is 3. The summed E-state index contributed by atoms with van der Waals surface area (Å²) in [6.07, 6.45) is 6.02. The highest BCUT2D eigenvalue weighted by molar-refractivity contribution is 5.82. The molecule has 0 saturated carbocycles. The number of ether oxygens (including phenoxy) is 3. The van der Waals surface area contributed by atoms with Gasteiger partial charge in [-0.1, -0.05) is 12.2 Å². The smallest absolute Gasteiger partial charge is 0.203 e. The van der Waals surface area contributed by atoms with Crippen molar-refractivity contribution in [1.82, 2.24) is 19.5 Å². The molecule has 0 fully saturated rings. The molecule has 0 bridgehead atoms. The third-order valence-electron chi connectivity index (χ3n) is 4.25. The monoisotopic (exact) mass is 369 g/mol. The molecule has 0 aliphatic heterocycles. The van der Waals surface area contributed by atoms with Crippen molar-refractivity contribution in [1.29, 1.82) is 0 Å². The number of rotatable bonds is 7. The molecule has 142 valence electrons. The van der Waals surface area contributed by atoms with Gasteiger partial charge in [0.1, 0.15) is 12.2 Å². The number of aromatic nitrogens is 4. The van der Waals surface area contributed by atoms with Crippen molar-refractivity contribution in [3.63, 3.8) is 0 Å².